The van der Waals surface area contributed by atoms with Crippen molar-refractivity contribution in [3.8, 4) is 0 Å². The van der Waals surface area contributed by atoms with E-state index < -0.39 is 5.97 Å². The molecule has 0 fully saturated rings. The number of rotatable bonds is 5. The summed E-state index contributed by atoms with van der Waals surface area (Å²) in [5.41, 5.74) is 2.93. The van der Waals surface area contributed by atoms with E-state index in [1.165, 1.54) is 0 Å². The Morgan fingerprint density at radius 1 is 1.19 bits per heavy atom. The summed E-state index contributed by atoms with van der Waals surface area (Å²) < 4.78 is 0. The van der Waals surface area contributed by atoms with Gasteiger partial charge in [0.05, 0.1) is 6.04 Å². The van der Waals surface area contributed by atoms with Crippen molar-refractivity contribution >= 4 is 23.3 Å². The van der Waals surface area contributed by atoms with Crippen LogP contribution in [0.4, 0.5) is 5.69 Å². The SMILES string of the molecule is Cc1ccc(N(CC(=O)O)C(C)c2ccccc2Cl)cc1. The van der Waals surface area contributed by atoms with Gasteiger partial charge in [-0.15, -0.1) is 0 Å². The number of aryl methyl sites for hydroxylation is 1. The maximum Gasteiger partial charge on any atom is 0.323 e. The molecule has 0 heterocycles. The van der Waals surface area contributed by atoms with Gasteiger partial charge in [-0.05, 0) is 37.6 Å². The van der Waals surface area contributed by atoms with Crippen molar-refractivity contribution in [2.45, 2.75) is 19.9 Å². The Labute approximate surface area is 129 Å². The first-order valence-electron chi connectivity index (χ1n) is 6.78. The second kappa shape index (κ2) is 6.64. The fourth-order valence-corrected chi connectivity index (χ4v) is 2.61. The van der Waals surface area contributed by atoms with Gasteiger partial charge in [0.15, 0.2) is 0 Å². The van der Waals surface area contributed by atoms with Crippen molar-refractivity contribution in [1.29, 1.82) is 0 Å². The van der Waals surface area contributed by atoms with E-state index in [0.717, 1.165) is 16.8 Å². The number of anilines is 1. The van der Waals surface area contributed by atoms with E-state index in [2.05, 4.69) is 0 Å². The first kappa shape index (κ1) is 15.4. The minimum atomic E-state index is -0.866. The van der Waals surface area contributed by atoms with Crippen LogP contribution in [0.2, 0.25) is 5.02 Å². The predicted octanol–water partition coefficient (Wildman–Crippen LogP) is 4.30. The molecule has 0 aliphatic carbocycles. The average Bonchev–Trinajstić information content (AvgIpc) is 2.45. The molecular weight excluding hydrogens is 286 g/mol. The Bertz CT molecular complexity index is 625. The molecule has 0 saturated carbocycles. The smallest absolute Gasteiger partial charge is 0.323 e. The van der Waals surface area contributed by atoms with Crippen molar-refractivity contribution in [3.05, 3.63) is 64.7 Å². The number of benzene rings is 2. The van der Waals surface area contributed by atoms with E-state index in [0.29, 0.717) is 5.02 Å². The molecule has 1 N–H and O–H groups in total. The summed E-state index contributed by atoms with van der Waals surface area (Å²) in [5.74, 6) is -0.866. The number of aliphatic carboxylic acids is 1. The number of halogens is 1. The summed E-state index contributed by atoms with van der Waals surface area (Å²) in [5, 5.41) is 9.84. The van der Waals surface area contributed by atoms with Gasteiger partial charge in [0.2, 0.25) is 0 Å². The van der Waals surface area contributed by atoms with Gasteiger partial charge in [0.25, 0.3) is 0 Å². The van der Waals surface area contributed by atoms with E-state index in [1.54, 1.807) is 0 Å². The minimum Gasteiger partial charge on any atom is -0.480 e. The van der Waals surface area contributed by atoms with E-state index in [1.807, 2.05) is 67.3 Å². The minimum absolute atomic E-state index is 0.0740. The monoisotopic (exact) mass is 303 g/mol. The highest BCUT2D eigenvalue weighted by atomic mass is 35.5. The van der Waals surface area contributed by atoms with Gasteiger partial charge < -0.3 is 10.0 Å². The molecule has 0 aliphatic heterocycles. The Morgan fingerprint density at radius 2 is 1.81 bits per heavy atom. The Balaban J connectivity index is 2.38. The van der Waals surface area contributed by atoms with Crippen molar-refractivity contribution in [2.24, 2.45) is 0 Å². The molecular formula is C17H18ClNO2. The second-order valence-electron chi connectivity index (χ2n) is 5.05. The van der Waals surface area contributed by atoms with E-state index in [-0.39, 0.29) is 12.6 Å². The Kier molecular flexibility index (Phi) is 4.86. The summed E-state index contributed by atoms with van der Waals surface area (Å²) in [6.45, 7) is 3.89. The summed E-state index contributed by atoms with van der Waals surface area (Å²) in [7, 11) is 0. The topological polar surface area (TPSA) is 40.5 Å². The van der Waals surface area contributed by atoms with Crippen LogP contribution in [0.15, 0.2) is 48.5 Å². The number of hydrogen-bond donors (Lipinski definition) is 1. The molecule has 0 radical (unpaired) electrons. The molecule has 4 heteroatoms. The highest BCUT2D eigenvalue weighted by molar-refractivity contribution is 6.31. The van der Waals surface area contributed by atoms with E-state index >= 15 is 0 Å². The van der Waals surface area contributed by atoms with Gasteiger partial charge in [0.1, 0.15) is 6.54 Å². The lowest BCUT2D eigenvalue weighted by atomic mass is 10.1. The quantitative estimate of drug-likeness (QED) is 0.895. The van der Waals surface area contributed by atoms with Crippen LogP contribution in [0, 0.1) is 6.92 Å². The van der Waals surface area contributed by atoms with Crippen LogP contribution in [0.5, 0.6) is 0 Å². The average molecular weight is 304 g/mol. The molecule has 2 aromatic rings. The molecule has 2 rings (SSSR count). The number of hydrogen-bond acceptors (Lipinski definition) is 2. The zero-order chi connectivity index (χ0) is 15.4. The Hall–Kier alpha value is -2.00. The van der Waals surface area contributed by atoms with Crippen LogP contribution in [0.3, 0.4) is 0 Å². The maximum absolute atomic E-state index is 11.2. The number of nitrogens with zero attached hydrogens (tertiary/aromatic N) is 1. The van der Waals surface area contributed by atoms with Gasteiger partial charge in [-0.25, -0.2) is 0 Å². The maximum atomic E-state index is 11.2. The van der Waals surface area contributed by atoms with Gasteiger partial charge in [-0.3, -0.25) is 4.79 Å². The molecule has 0 amide bonds. The van der Waals surface area contributed by atoms with Crippen molar-refractivity contribution in [2.75, 3.05) is 11.4 Å². The molecule has 0 saturated heterocycles. The lowest BCUT2D eigenvalue weighted by Crippen LogP contribution is -2.32. The van der Waals surface area contributed by atoms with Crippen LogP contribution in [-0.4, -0.2) is 17.6 Å². The van der Waals surface area contributed by atoms with Crippen molar-refractivity contribution < 1.29 is 9.90 Å². The second-order valence-corrected chi connectivity index (χ2v) is 5.46. The van der Waals surface area contributed by atoms with Crippen LogP contribution in [-0.2, 0) is 4.79 Å². The van der Waals surface area contributed by atoms with Crippen LogP contribution < -0.4 is 4.90 Å². The molecule has 0 spiro atoms. The van der Waals surface area contributed by atoms with Gasteiger partial charge in [-0.1, -0.05) is 47.5 Å². The summed E-state index contributed by atoms with van der Waals surface area (Å²) in [4.78, 5) is 13.0. The highest BCUT2D eigenvalue weighted by Gasteiger charge is 2.20. The fraction of sp³-hybridized carbons (Fsp3) is 0.235. The number of carboxylic acid groups (broad SMARTS) is 1. The van der Waals surface area contributed by atoms with Crippen LogP contribution >= 0.6 is 11.6 Å². The standard InChI is InChI=1S/C17H18ClNO2/c1-12-7-9-14(10-8-12)19(11-17(20)21)13(2)15-5-3-4-6-16(15)18/h3-10,13H,11H2,1-2H3,(H,20,21). The summed E-state index contributed by atoms with van der Waals surface area (Å²) >= 11 is 6.24. The van der Waals surface area contributed by atoms with E-state index in [9.17, 15) is 9.90 Å². The molecule has 2 aromatic carbocycles. The number of carbonyl (C=O) groups is 1. The third-order valence-corrected chi connectivity index (χ3v) is 3.84. The summed E-state index contributed by atoms with van der Waals surface area (Å²) in [6, 6.07) is 15.2. The first-order chi connectivity index (χ1) is 9.99. The van der Waals surface area contributed by atoms with E-state index in [4.69, 9.17) is 11.6 Å². The fourth-order valence-electron chi connectivity index (χ4n) is 2.32. The first-order valence-corrected chi connectivity index (χ1v) is 7.16. The predicted molar refractivity (Wildman–Crippen MR) is 86.0 cm³/mol. The highest BCUT2D eigenvalue weighted by Crippen LogP contribution is 2.31. The zero-order valence-electron chi connectivity index (χ0n) is 12.1. The van der Waals surface area contributed by atoms with Crippen molar-refractivity contribution in [1.82, 2.24) is 0 Å². The largest absolute Gasteiger partial charge is 0.480 e. The third-order valence-electron chi connectivity index (χ3n) is 3.49. The Morgan fingerprint density at radius 3 is 2.38 bits per heavy atom. The molecule has 3 nitrogen and oxygen atoms in total. The lowest BCUT2D eigenvalue weighted by molar-refractivity contribution is -0.135. The van der Waals surface area contributed by atoms with Crippen LogP contribution in [0.1, 0.15) is 24.1 Å². The molecule has 1 atom stereocenters. The molecule has 21 heavy (non-hydrogen) atoms. The number of carboxylic acids is 1. The van der Waals surface area contributed by atoms with Gasteiger partial charge >= 0.3 is 5.97 Å². The molecule has 0 aliphatic rings. The van der Waals surface area contributed by atoms with Crippen molar-refractivity contribution in [3.63, 3.8) is 0 Å². The molecule has 110 valence electrons. The van der Waals surface area contributed by atoms with Gasteiger partial charge in [-0.2, -0.15) is 0 Å². The van der Waals surface area contributed by atoms with Crippen LogP contribution in [0.25, 0.3) is 0 Å². The lowest BCUT2D eigenvalue weighted by Gasteiger charge is -2.30. The molecule has 0 aromatic heterocycles. The molecule has 1 unspecified atom stereocenters. The third kappa shape index (κ3) is 3.76. The zero-order valence-corrected chi connectivity index (χ0v) is 12.8. The normalized spacial score (nSPS) is 12.0. The molecule has 0 bridgehead atoms. The summed E-state index contributed by atoms with van der Waals surface area (Å²) in [6.07, 6.45) is 0. The van der Waals surface area contributed by atoms with Gasteiger partial charge in [0, 0.05) is 10.7 Å².